The van der Waals surface area contributed by atoms with E-state index in [4.69, 9.17) is 15.3 Å². The summed E-state index contributed by atoms with van der Waals surface area (Å²) in [6.45, 7) is 1.88. The van der Waals surface area contributed by atoms with Gasteiger partial charge >= 0.3 is 0 Å². The van der Waals surface area contributed by atoms with E-state index < -0.39 is 0 Å². The molecule has 0 saturated carbocycles. The van der Waals surface area contributed by atoms with E-state index in [0.717, 1.165) is 17.0 Å². The van der Waals surface area contributed by atoms with Crippen LogP contribution in [-0.4, -0.2) is 12.8 Å². The Hall–Kier alpha value is -2.49. The highest BCUT2D eigenvalue weighted by atomic mass is 16.6. The van der Waals surface area contributed by atoms with Crippen LogP contribution in [0.4, 0.5) is 5.69 Å². The lowest BCUT2D eigenvalue weighted by Gasteiger charge is -2.04. The number of benzene rings is 2. The van der Waals surface area contributed by atoms with Crippen molar-refractivity contribution in [1.82, 2.24) is 0 Å². The maximum atomic E-state index is 5.60. The fraction of sp³-hybridized carbons (Fsp3) is 0.133. The van der Waals surface area contributed by atoms with Crippen molar-refractivity contribution in [2.45, 2.75) is 6.92 Å². The summed E-state index contributed by atoms with van der Waals surface area (Å²) in [4.78, 5) is 5.34. The van der Waals surface area contributed by atoms with Crippen molar-refractivity contribution in [3.05, 3.63) is 54.1 Å². The number of hydrogen-bond acceptors (Lipinski definition) is 4. The fourth-order valence-electron chi connectivity index (χ4n) is 1.55. The number of ether oxygens (including phenoxy) is 1. The molecule has 0 aliphatic heterocycles. The van der Waals surface area contributed by atoms with Crippen molar-refractivity contribution in [1.29, 1.82) is 0 Å². The van der Waals surface area contributed by atoms with Gasteiger partial charge in [-0.2, -0.15) is 0 Å². The average molecular weight is 256 g/mol. The largest absolute Gasteiger partial charge is 0.497 e. The first-order chi connectivity index (χ1) is 9.19. The molecule has 0 aromatic heterocycles. The lowest BCUT2D eigenvalue weighted by molar-refractivity contribution is 0.341. The molecule has 0 fully saturated rings. The van der Waals surface area contributed by atoms with Gasteiger partial charge in [0.15, 0.2) is 5.75 Å². The summed E-state index contributed by atoms with van der Waals surface area (Å²) in [5.41, 5.74) is 8.02. The highest BCUT2D eigenvalue weighted by Crippen LogP contribution is 2.16. The van der Waals surface area contributed by atoms with Gasteiger partial charge in [-0.1, -0.05) is 17.3 Å². The average Bonchev–Trinajstić information content (AvgIpc) is 2.46. The van der Waals surface area contributed by atoms with Gasteiger partial charge in [-0.05, 0) is 43.3 Å². The van der Waals surface area contributed by atoms with Crippen LogP contribution in [-0.2, 0) is 0 Å². The van der Waals surface area contributed by atoms with Gasteiger partial charge in [-0.3, -0.25) is 0 Å². The highest BCUT2D eigenvalue weighted by Gasteiger charge is 2.00. The van der Waals surface area contributed by atoms with Crippen LogP contribution >= 0.6 is 0 Å². The Kier molecular flexibility index (Phi) is 4.03. The normalized spacial score (nSPS) is 11.2. The van der Waals surface area contributed by atoms with E-state index >= 15 is 0 Å². The molecule has 0 atom stereocenters. The van der Waals surface area contributed by atoms with Crippen molar-refractivity contribution >= 4 is 11.4 Å². The number of nitrogens with two attached hydrogens (primary N) is 1. The molecular formula is C15H16N2O2. The Bertz CT molecular complexity index is 577. The second kappa shape index (κ2) is 5.91. The Morgan fingerprint density at radius 3 is 2.47 bits per heavy atom. The molecular weight excluding hydrogens is 240 g/mol. The standard InChI is InChI=1S/C15H16N2O2/c1-11(12-4-3-5-15(10-12)18-2)17-19-14-8-6-13(16)7-9-14/h3-10H,16H2,1-2H3/b17-11+. The molecule has 4 heteroatoms. The third-order valence-corrected chi connectivity index (χ3v) is 2.66. The minimum absolute atomic E-state index is 0.649. The zero-order chi connectivity index (χ0) is 13.7. The van der Waals surface area contributed by atoms with Gasteiger partial charge in [0.2, 0.25) is 0 Å². The second-order valence-corrected chi connectivity index (χ2v) is 4.07. The predicted octanol–water partition coefficient (Wildman–Crippen LogP) is 3.08. The molecule has 98 valence electrons. The molecule has 0 saturated heterocycles. The number of methoxy groups -OCH3 is 1. The molecule has 2 aromatic carbocycles. The zero-order valence-corrected chi connectivity index (χ0v) is 11.0. The van der Waals surface area contributed by atoms with Gasteiger partial charge in [-0.15, -0.1) is 0 Å². The smallest absolute Gasteiger partial charge is 0.158 e. The van der Waals surface area contributed by atoms with Gasteiger partial charge in [0, 0.05) is 11.3 Å². The van der Waals surface area contributed by atoms with E-state index in [2.05, 4.69) is 5.16 Å². The molecule has 2 N–H and O–H groups in total. The molecule has 0 radical (unpaired) electrons. The maximum absolute atomic E-state index is 5.60. The van der Waals surface area contributed by atoms with Crippen LogP contribution in [0.25, 0.3) is 0 Å². The third-order valence-electron chi connectivity index (χ3n) is 2.66. The molecule has 0 aliphatic carbocycles. The minimum Gasteiger partial charge on any atom is -0.497 e. The Morgan fingerprint density at radius 2 is 1.79 bits per heavy atom. The molecule has 0 spiro atoms. The molecule has 19 heavy (non-hydrogen) atoms. The molecule has 2 rings (SSSR count). The lowest BCUT2D eigenvalue weighted by Crippen LogP contribution is -1.98. The number of anilines is 1. The molecule has 0 aliphatic rings. The SMILES string of the molecule is COc1cccc(/C(C)=N/Oc2ccc(N)cc2)c1. The quantitative estimate of drug-likeness (QED) is 0.519. The molecule has 0 bridgehead atoms. The van der Waals surface area contributed by atoms with Crippen LogP contribution in [0.5, 0.6) is 11.5 Å². The summed E-state index contributed by atoms with van der Waals surface area (Å²) in [5.74, 6) is 1.44. The second-order valence-electron chi connectivity index (χ2n) is 4.07. The Labute approximate surface area is 112 Å². The minimum atomic E-state index is 0.649. The Morgan fingerprint density at radius 1 is 1.05 bits per heavy atom. The maximum Gasteiger partial charge on any atom is 0.158 e. The van der Waals surface area contributed by atoms with Gasteiger partial charge in [0.1, 0.15) is 5.75 Å². The van der Waals surface area contributed by atoms with E-state index in [1.807, 2.05) is 31.2 Å². The monoisotopic (exact) mass is 256 g/mol. The summed E-state index contributed by atoms with van der Waals surface area (Å²) in [6, 6.07) is 14.7. The number of oxime groups is 1. The summed E-state index contributed by atoms with van der Waals surface area (Å²) < 4.78 is 5.17. The van der Waals surface area contributed by atoms with Crippen LogP contribution in [0.2, 0.25) is 0 Å². The van der Waals surface area contributed by atoms with E-state index in [1.165, 1.54) is 0 Å². The highest BCUT2D eigenvalue weighted by molar-refractivity contribution is 5.98. The fourth-order valence-corrected chi connectivity index (χ4v) is 1.55. The van der Waals surface area contributed by atoms with E-state index in [0.29, 0.717) is 11.4 Å². The Balaban J connectivity index is 2.11. The van der Waals surface area contributed by atoms with Gasteiger partial charge in [0.25, 0.3) is 0 Å². The first-order valence-corrected chi connectivity index (χ1v) is 5.90. The number of nitrogen functional groups attached to an aromatic ring is 1. The van der Waals surface area contributed by atoms with Gasteiger partial charge in [0.05, 0.1) is 12.8 Å². The van der Waals surface area contributed by atoms with Crippen molar-refractivity contribution in [3.63, 3.8) is 0 Å². The number of nitrogens with zero attached hydrogens (tertiary/aromatic N) is 1. The number of hydrogen-bond donors (Lipinski definition) is 1. The van der Waals surface area contributed by atoms with Crippen molar-refractivity contribution in [2.24, 2.45) is 5.16 Å². The van der Waals surface area contributed by atoms with E-state index in [-0.39, 0.29) is 0 Å². The summed E-state index contributed by atoms with van der Waals surface area (Å²) in [6.07, 6.45) is 0. The summed E-state index contributed by atoms with van der Waals surface area (Å²) in [5, 5.41) is 4.09. The van der Waals surface area contributed by atoms with Crippen LogP contribution in [0.15, 0.2) is 53.7 Å². The van der Waals surface area contributed by atoms with Gasteiger partial charge < -0.3 is 15.3 Å². The van der Waals surface area contributed by atoms with Crippen LogP contribution < -0.4 is 15.3 Å². The molecule has 0 unspecified atom stereocenters. The molecule has 2 aromatic rings. The zero-order valence-electron chi connectivity index (χ0n) is 11.0. The van der Waals surface area contributed by atoms with Crippen molar-refractivity contribution in [3.8, 4) is 11.5 Å². The van der Waals surface area contributed by atoms with Crippen LogP contribution in [0.3, 0.4) is 0 Å². The van der Waals surface area contributed by atoms with E-state index in [1.54, 1.807) is 31.4 Å². The predicted molar refractivity (Wildman–Crippen MR) is 76.7 cm³/mol. The lowest BCUT2D eigenvalue weighted by atomic mass is 10.1. The first kappa shape index (κ1) is 13.0. The van der Waals surface area contributed by atoms with Crippen molar-refractivity contribution < 1.29 is 9.57 Å². The summed E-state index contributed by atoms with van der Waals surface area (Å²) in [7, 11) is 1.64. The van der Waals surface area contributed by atoms with Crippen LogP contribution in [0.1, 0.15) is 12.5 Å². The van der Waals surface area contributed by atoms with Crippen molar-refractivity contribution in [2.75, 3.05) is 12.8 Å². The van der Waals surface area contributed by atoms with Crippen LogP contribution in [0, 0.1) is 0 Å². The van der Waals surface area contributed by atoms with Gasteiger partial charge in [-0.25, -0.2) is 0 Å². The molecule has 0 amide bonds. The third kappa shape index (κ3) is 3.48. The first-order valence-electron chi connectivity index (χ1n) is 5.90. The molecule has 0 heterocycles. The number of rotatable bonds is 4. The topological polar surface area (TPSA) is 56.8 Å². The summed E-state index contributed by atoms with van der Waals surface area (Å²) >= 11 is 0. The molecule has 4 nitrogen and oxygen atoms in total. The van der Waals surface area contributed by atoms with E-state index in [9.17, 15) is 0 Å².